The molecule has 1 aliphatic heterocycles. The van der Waals surface area contributed by atoms with Crippen LogP contribution >= 0.6 is 0 Å². The van der Waals surface area contributed by atoms with Crippen LogP contribution in [-0.2, 0) is 12.8 Å². The lowest BCUT2D eigenvalue weighted by Gasteiger charge is -2.21. The van der Waals surface area contributed by atoms with Gasteiger partial charge in [-0.2, -0.15) is 0 Å². The van der Waals surface area contributed by atoms with E-state index in [1.807, 2.05) is 47.4 Å². The number of rotatable bonds is 4. The number of para-hydroxylation sites is 1. The number of anilines is 2. The fourth-order valence-electron chi connectivity index (χ4n) is 4.51. The number of carbonyl (C=O) groups excluding carboxylic acids is 1. The number of fused-ring (bicyclic) bond motifs is 2. The second-order valence-corrected chi connectivity index (χ2v) is 7.50. The molecule has 1 N–H and O–H groups in total. The summed E-state index contributed by atoms with van der Waals surface area (Å²) in [4.78, 5) is 19.8. The lowest BCUT2D eigenvalue weighted by atomic mass is 10.1. The zero-order chi connectivity index (χ0) is 19.8. The Morgan fingerprint density at radius 2 is 2.00 bits per heavy atom. The van der Waals surface area contributed by atoms with Crippen molar-refractivity contribution in [3.05, 3.63) is 83.0 Å². The van der Waals surface area contributed by atoms with Gasteiger partial charge in [-0.1, -0.05) is 30.3 Å². The second-order valence-electron chi connectivity index (χ2n) is 7.50. The van der Waals surface area contributed by atoms with Crippen molar-refractivity contribution in [3.63, 3.8) is 0 Å². The van der Waals surface area contributed by atoms with Gasteiger partial charge in [0.25, 0.3) is 5.91 Å². The highest BCUT2D eigenvalue weighted by atomic mass is 16.5. The molecule has 1 aromatic heterocycles. The Morgan fingerprint density at radius 3 is 2.90 bits per heavy atom. The lowest BCUT2D eigenvalue weighted by Crippen LogP contribution is -2.30. The minimum atomic E-state index is -0.00517. The van der Waals surface area contributed by atoms with E-state index >= 15 is 0 Å². The molecule has 3 aromatic rings. The molecule has 1 atom stereocenters. The topological polar surface area (TPSA) is 54.5 Å². The minimum Gasteiger partial charge on any atom is -0.496 e. The van der Waals surface area contributed by atoms with E-state index in [-0.39, 0.29) is 11.9 Å². The van der Waals surface area contributed by atoms with Crippen LogP contribution in [-0.4, -0.2) is 24.5 Å². The zero-order valence-electron chi connectivity index (χ0n) is 16.4. The van der Waals surface area contributed by atoms with Crippen LogP contribution in [0.5, 0.6) is 5.75 Å². The van der Waals surface area contributed by atoms with E-state index in [4.69, 9.17) is 4.74 Å². The Balaban J connectivity index is 1.44. The molecular weight excluding hydrogens is 362 g/mol. The van der Waals surface area contributed by atoms with Crippen molar-refractivity contribution < 1.29 is 9.53 Å². The SMILES string of the molecule is COc1cccc2c1CCC2Nc1ncccc1C(=O)N1CCc2ccccc21. The molecule has 146 valence electrons. The van der Waals surface area contributed by atoms with Crippen LogP contribution in [0.15, 0.2) is 60.8 Å². The molecule has 5 rings (SSSR count). The summed E-state index contributed by atoms with van der Waals surface area (Å²) >= 11 is 0. The van der Waals surface area contributed by atoms with E-state index in [1.165, 1.54) is 16.7 Å². The predicted molar refractivity (Wildman–Crippen MR) is 114 cm³/mol. The zero-order valence-corrected chi connectivity index (χ0v) is 16.4. The number of amides is 1. The van der Waals surface area contributed by atoms with Crippen molar-refractivity contribution >= 4 is 17.4 Å². The molecule has 1 unspecified atom stereocenters. The fourth-order valence-corrected chi connectivity index (χ4v) is 4.51. The normalized spacial score (nSPS) is 17.0. The Morgan fingerprint density at radius 1 is 1.10 bits per heavy atom. The van der Waals surface area contributed by atoms with Crippen LogP contribution < -0.4 is 15.0 Å². The van der Waals surface area contributed by atoms with Crippen LogP contribution in [0.2, 0.25) is 0 Å². The van der Waals surface area contributed by atoms with Crippen LogP contribution in [0.25, 0.3) is 0 Å². The second kappa shape index (κ2) is 7.24. The summed E-state index contributed by atoms with van der Waals surface area (Å²) in [6.45, 7) is 0.704. The van der Waals surface area contributed by atoms with Gasteiger partial charge in [-0.05, 0) is 60.2 Å². The molecule has 0 fully saturated rings. The first-order valence-corrected chi connectivity index (χ1v) is 10.0. The first-order chi connectivity index (χ1) is 14.3. The molecule has 29 heavy (non-hydrogen) atoms. The molecule has 0 saturated heterocycles. The summed E-state index contributed by atoms with van der Waals surface area (Å²) in [5.74, 6) is 1.56. The van der Waals surface area contributed by atoms with Gasteiger partial charge in [0.15, 0.2) is 0 Å². The van der Waals surface area contributed by atoms with E-state index in [1.54, 1.807) is 13.3 Å². The molecule has 2 aromatic carbocycles. The molecular formula is C24H23N3O2. The molecule has 0 radical (unpaired) electrons. The van der Waals surface area contributed by atoms with E-state index in [0.29, 0.717) is 17.9 Å². The molecule has 2 heterocycles. The van der Waals surface area contributed by atoms with Crippen LogP contribution in [0.3, 0.4) is 0 Å². The third-order valence-corrected chi connectivity index (χ3v) is 5.93. The lowest BCUT2D eigenvalue weighted by molar-refractivity contribution is 0.0990. The monoisotopic (exact) mass is 385 g/mol. The van der Waals surface area contributed by atoms with E-state index in [2.05, 4.69) is 22.4 Å². The van der Waals surface area contributed by atoms with E-state index in [9.17, 15) is 4.79 Å². The van der Waals surface area contributed by atoms with E-state index < -0.39 is 0 Å². The van der Waals surface area contributed by atoms with Crippen molar-refractivity contribution in [2.75, 3.05) is 23.9 Å². The van der Waals surface area contributed by atoms with Crippen LogP contribution in [0.4, 0.5) is 11.5 Å². The largest absolute Gasteiger partial charge is 0.496 e. The van der Waals surface area contributed by atoms with Gasteiger partial charge in [0.05, 0.1) is 18.7 Å². The summed E-state index contributed by atoms with van der Waals surface area (Å²) in [7, 11) is 1.71. The van der Waals surface area contributed by atoms with Crippen LogP contribution in [0, 0.1) is 0 Å². The molecule has 0 bridgehead atoms. The predicted octanol–water partition coefficient (Wildman–Crippen LogP) is 4.39. The number of aromatic nitrogens is 1. The highest BCUT2D eigenvalue weighted by molar-refractivity contribution is 6.10. The number of hydrogen-bond acceptors (Lipinski definition) is 4. The molecule has 5 heteroatoms. The molecule has 2 aliphatic rings. The van der Waals surface area contributed by atoms with Crippen LogP contribution in [0.1, 0.15) is 39.5 Å². The van der Waals surface area contributed by atoms with Gasteiger partial charge < -0.3 is 15.0 Å². The number of carbonyl (C=O) groups is 1. The summed E-state index contributed by atoms with van der Waals surface area (Å²) in [5, 5.41) is 3.53. The average molecular weight is 385 g/mol. The maximum Gasteiger partial charge on any atom is 0.262 e. The summed E-state index contributed by atoms with van der Waals surface area (Å²) in [6, 6.07) is 18.1. The Bertz CT molecular complexity index is 1080. The number of benzene rings is 2. The van der Waals surface area contributed by atoms with Gasteiger partial charge in [0, 0.05) is 18.4 Å². The Hall–Kier alpha value is -3.34. The first kappa shape index (κ1) is 17.7. The first-order valence-electron chi connectivity index (χ1n) is 10.0. The highest BCUT2D eigenvalue weighted by Crippen LogP contribution is 2.39. The average Bonchev–Trinajstić information content (AvgIpc) is 3.38. The third-order valence-electron chi connectivity index (χ3n) is 5.93. The molecule has 0 saturated carbocycles. The standard InChI is InChI=1S/C24H23N3O2/c1-29-22-10-4-7-17-18(22)11-12-20(17)26-23-19(8-5-14-25-23)24(28)27-15-13-16-6-2-3-9-21(16)27/h2-10,14,20H,11-13,15H2,1H3,(H,25,26). The van der Waals surface area contributed by atoms with Gasteiger partial charge >= 0.3 is 0 Å². The molecule has 1 amide bonds. The number of nitrogens with one attached hydrogen (secondary N) is 1. The molecule has 0 spiro atoms. The van der Waals surface area contributed by atoms with Gasteiger partial charge in [0.2, 0.25) is 0 Å². The van der Waals surface area contributed by atoms with Crippen molar-refractivity contribution in [3.8, 4) is 5.75 Å². The smallest absolute Gasteiger partial charge is 0.262 e. The van der Waals surface area contributed by atoms with Gasteiger partial charge in [-0.3, -0.25) is 4.79 Å². The summed E-state index contributed by atoms with van der Waals surface area (Å²) < 4.78 is 5.51. The molecule has 1 aliphatic carbocycles. The Kier molecular flexibility index (Phi) is 4.43. The number of nitrogens with zero attached hydrogens (tertiary/aromatic N) is 2. The van der Waals surface area contributed by atoms with Gasteiger partial charge in [-0.15, -0.1) is 0 Å². The van der Waals surface area contributed by atoms with Crippen molar-refractivity contribution in [1.82, 2.24) is 4.98 Å². The summed E-state index contributed by atoms with van der Waals surface area (Å²) in [6.07, 6.45) is 4.53. The Labute approximate surface area is 170 Å². The number of ether oxygens (including phenoxy) is 1. The summed E-state index contributed by atoms with van der Waals surface area (Å²) in [5.41, 5.74) is 5.30. The molecule has 5 nitrogen and oxygen atoms in total. The minimum absolute atomic E-state index is 0.00517. The number of methoxy groups -OCH3 is 1. The highest BCUT2D eigenvalue weighted by Gasteiger charge is 2.29. The van der Waals surface area contributed by atoms with Crippen molar-refractivity contribution in [2.24, 2.45) is 0 Å². The quantitative estimate of drug-likeness (QED) is 0.724. The maximum atomic E-state index is 13.4. The number of pyridine rings is 1. The maximum absolute atomic E-state index is 13.4. The van der Waals surface area contributed by atoms with Crippen molar-refractivity contribution in [1.29, 1.82) is 0 Å². The van der Waals surface area contributed by atoms with Gasteiger partial charge in [-0.25, -0.2) is 4.98 Å². The number of hydrogen-bond donors (Lipinski definition) is 1. The third kappa shape index (κ3) is 3.03. The van der Waals surface area contributed by atoms with E-state index in [0.717, 1.165) is 30.7 Å². The van der Waals surface area contributed by atoms with Crippen molar-refractivity contribution in [2.45, 2.75) is 25.3 Å². The fraction of sp³-hybridized carbons (Fsp3) is 0.250. The van der Waals surface area contributed by atoms with Gasteiger partial charge in [0.1, 0.15) is 11.6 Å².